The van der Waals surface area contributed by atoms with Crippen molar-refractivity contribution in [1.82, 2.24) is 0 Å². The van der Waals surface area contributed by atoms with Gasteiger partial charge in [0.25, 0.3) is 0 Å². The molecule has 2 nitrogen and oxygen atoms in total. The Morgan fingerprint density at radius 1 is 0.800 bits per heavy atom. The fraction of sp³-hybridized carbons (Fsp3) is 1.00. The van der Waals surface area contributed by atoms with Crippen LogP contribution in [0.1, 0.15) is 84.0 Å². The molecular weight excluding hydrogens is 246 g/mol. The number of aliphatic hydroxyl groups excluding tert-OH is 1. The fourth-order valence-electron chi connectivity index (χ4n) is 3.38. The van der Waals surface area contributed by atoms with Crippen molar-refractivity contribution in [3.05, 3.63) is 0 Å². The van der Waals surface area contributed by atoms with E-state index in [1.807, 2.05) is 0 Å². The van der Waals surface area contributed by atoms with Gasteiger partial charge in [0.15, 0.2) is 0 Å². The van der Waals surface area contributed by atoms with E-state index in [4.69, 9.17) is 0 Å². The molecule has 1 saturated heterocycles. The van der Waals surface area contributed by atoms with Gasteiger partial charge in [0.05, 0.1) is 32.8 Å². The van der Waals surface area contributed by atoms with E-state index in [2.05, 4.69) is 14.0 Å². The Morgan fingerprint density at radius 2 is 1.25 bits per heavy atom. The molecule has 1 heterocycles. The van der Waals surface area contributed by atoms with Crippen LogP contribution in [0.4, 0.5) is 0 Å². The van der Waals surface area contributed by atoms with Gasteiger partial charge in [-0.05, 0) is 12.8 Å². The summed E-state index contributed by atoms with van der Waals surface area (Å²) in [6.45, 7) is 5.96. The molecule has 0 radical (unpaired) electrons. The molecule has 0 aliphatic carbocycles. The van der Waals surface area contributed by atoms with E-state index in [0.717, 1.165) is 12.8 Å². The van der Waals surface area contributed by atoms with Crippen LogP contribution < -0.4 is 0 Å². The predicted octanol–water partition coefficient (Wildman–Crippen LogP) is 4.51. The molecule has 120 valence electrons. The normalized spacial score (nSPS) is 26.9. The minimum absolute atomic E-state index is 0.0195. The first kappa shape index (κ1) is 18.0. The van der Waals surface area contributed by atoms with E-state index in [-0.39, 0.29) is 6.10 Å². The number of likely N-dealkylation sites (tertiary alicyclic amines) is 1. The molecule has 1 aliphatic heterocycles. The number of aliphatic hydroxyl groups is 1. The molecule has 0 amide bonds. The third-order valence-corrected chi connectivity index (χ3v) is 5.06. The van der Waals surface area contributed by atoms with Crippen molar-refractivity contribution >= 4 is 0 Å². The van der Waals surface area contributed by atoms with Crippen LogP contribution in [0.3, 0.4) is 0 Å². The van der Waals surface area contributed by atoms with Crippen LogP contribution in [-0.4, -0.2) is 42.4 Å². The Hall–Kier alpha value is -0.0800. The average Bonchev–Trinajstić information content (AvgIpc) is 2.45. The lowest BCUT2D eigenvalue weighted by atomic mass is 10.0. The van der Waals surface area contributed by atoms with E-state index in [9.17, 15) is 5.11 Å². The highest BCUT2D eigenvalue weighted by Gasteiger charge is 2.28. The highest BCUT2D eigenvalue weighted by Crippen LogP contribution is 2.18. The third-order valence-electron chi connectivity index (χ3n) is 5.06. The highest BCUT2D eigenvalue weighted by molar-refractivity contribution is 4.61. The second-order valence-corrected chi connectivity index (χ2v) is 7.20. The quantitative estimate of drug-likeness (QED) is 0.437. The molecule has 0 unspecified atom stereocenters. The zero-order valence-corrected chi connectivity index (χ0v) is 14.1. The Morgan fingerprint density at radius 3 is 1.75 bits per heavy atom. The molecular formula is C18H38NO+. The minimum atomic E-state index is -0.0195. The summed E-state index contributed by atoms with van der Waals surface area (Å²) in [6.07, 6.45) is 16.2. The van der Waals surface area contributed by atoms with Gasteiger partial charge in [-0.25, -0.2) is 0 Å². The summed E-state index contributed by atoms with van der Waals surface area (Å²) in [7, 11) is 2.37. The van der Waals surface area contributed by atoms with Gasteiger partial charge in [-0.3, -0.25) is 0 Å². The molecule has 0 saturated carbocycles. The van der Waals surface area contributed by atoms with Gasteiger partial charge in [-0.1, -0.05) is 58.3 Å². The second-order valence-electron chi connectivity index (χ2n) is 7.20. The zero-order chi connectivity index (χ0) is 14.7. The fourth-order valence-corrected chi connectivity index (χ4v) is 3.38. The Labute approximate surface area is 127 Å². The monoisotopic (exact) mass is 284 g/mol. The first-order chi connectivity index (χ1) is 9.66. The van der Waals surface area contributed by atoms with E-state index in [1.165, 1.54) is 88.3 Å². The molecule has 1 aliphatic rings. The van der Waals surface area contributed by atoms with Crippen LogP contribution in [0.2, 0.25) is 0 Å². The molecule has 0 bridgehead atoms. The van der Waals surface area contributed by atoms with Gasteiger partial charge >= 0.3 is 0 Å². The van der Waals surface area contributed by atoms with Crippen LogP contribution in [0.15, 0.2) is 0 Å². The van der Waals surface area contributed by atoms with Gasteiger partial charge in [-0.15, -0.1) is 0 Å². The second kappa shape index (κ2) is 10.6. The summed E-state index contributed by atoms with van der Waals surface area (Å²) in [6, 6.07) is 0. The Bertz CT molecular complexity index is 221. The first-order valence-electron chi connectivity index (χ1n) is 9.18. The first-order valence-corrected chi connectivity index (χ1v) is 9.18. The van der Waals surface area contributed by atoms with E-state index in [0.29, 0.717) is 0 Å². The molecule has 0 atom stereocenters. The summed E-state index contributed by atoms with van der Waals surface area (Å²) in [5.74, 6) is 0. The Kier molecular flexibility index (Phi) is 9.54. The summed E-state index contributed by atoms with van der Waals surface area (Å²) in [5.41, 5.74) is 0. The van der Waals surface area contributed by atoms with Gasteiger partial charge in [-0.2, -0.15) is 0 Å². The van der Waals surface area contributed by atoms with Gasteiger partial charge in [0.1, 0.15) is 0 Å². The van der Waals surface area contributed by atoms with Crippen molar-refractivity contribution in [3.63, 3.8) is 0 Å². The lowest BCUT2D eigenvalue weighted by Gasteiger charge is -2.39. The number of rotatable bonds is 11. The van der Waals surface area contributed by atoms with Crippen molar-refractivity contribution in [1.29, 1.82) is 0 Å². The van der Waals surface area contributed by atoms with Crippen LogP contribution in [0.25, 0.3) is 0 Å². The molecule has 0 aromatic heterocycles. The van der Waals surface area contributed by atoms with Crippen LogP contribution in [0.5, 0.6) is 0 Å². The molecule has 0 aromatic rings. The maximum Gasteiger partial charge on any atom is 0.0809 e. The molecule has 0 aromatic carbocycles. The van der Waals surface area contributed by atoms with Gasteiger partial charge < -0.3 is 9.59 Å². The summed E-state index contributed by atoms with van der Waals surface area (Å²) in [5, 5.41) is 9.58. The van der Waals surface area contributed by atoms with Crippen molar-refractivity contribution < 1.29 is 9.59 Å². The van der Waals surface area contributed by atoms with E-state index in [1.54, 1.807) is 0 Å². The van der Waals surface area contributed by atoms with Crippen molar-refractivity contribution in [2.75, 3.05) is 26.7 Å². The number of unbranched alkanes of at least 4 members (excludes halogenated alkanes) is 9. The topological polar surface area (TPSA) is 20.2 Å². The van der Waals surface area contributed by atoms with Crippen LogP contribution in [-0.2, 0) is 0 Å². The van der Waals surface area contributed by atoms with Crippen molar-refractivity contribution in [2.45, 2.75) is 90.1 Å². The third kappa shape index (κ3) is 8.26. The van der Waals surface area contributed by atoms with Crippen molar-refractivity contribution in [3.8, 4) is 0 Å². The number of hydrogen-bond donors (Lipinski definition) is 1. The smallest absolute Gasteiger partial charge is 0.0809 e. The highest BCUT2D eigenvalue weighted by atomic mass is 16.3. The lowest BCUT2D eigenvalue weighted by molar-refractivity contribution is -0.915. The molecule has 20 heavy (non-hydrogen) atoms. The Balaban J connectivity index is 1.87. The molecule has 0 spiro atoms. The van der Waals surface area contributed by atoms with E-state index >= 15 is 0 Å². The standard InChI is InChI=1S/C18H38NO/c1-3-4-5-6-7-8-9-10-11-12-15-19(2)16-13-18(20)14-17-19/h18,20H,3-17H2,1-2H3/q+1. The largest absolute Gasteiger partial charge is 0.393 e. The summed E-state index contributed by atoms with van der Waals surface area (Å²) >= 11 is 0. The summed E-state index contributed by atoms with van der Waals surface area (Å²) in [4.78, 5) is 0. The average molecular weight is 285 g/mol. The minimum Gasteiger partial charge on any atom is -0.393 e. The van der Waals surface area contributed by atoms with Gasteiger partial charge in [0.2, 0.25) is 0 Å². The predicted molar refractivity (Wildman–Crippen MR) is 87.9 cm³/mol. The van der Waals surface area contributed by atoms with Gasteiger partial charge in [0, 0.05) is 12.8 Å². The zero-order valence-electron chi connectivity index (χ0n) is 14.1. The molecule has 1 N–H and O–H groups in total. The maximum atomic E-state index is 9.58. The molecule has 1 rings (SSSR count). The SMILES string of the molecule is CCCCCCCCCCCC[N+]1(C)CCC(O)CC1. The molecule has 2 heteroatoms. The van der Waals surface area contributed by atoms with Crippen LogP contribution in [0, 0.1) is 0 Å². The molecule has 1 fully saturated rings. The number of quaternary nitrogens is 1. The number of nitrogens with zero attached hydrogens (tertiary/aromatic N) is 1. The van der Waals surface area contributed by atoms with Crippen LogP contribution >= 0.6 is 0 Å². The number of piperidine rings is 1. The maximum absolute atomic E-state index is 9.58. The lowest BCUT2D eigenvalue weighted by Crippen LogP contribution is -2.51. The summed E-state index contributed by atoms with van der Waals surface area (Å²) < 4.78 is 1.20. The number of hydrogen-bond acceptors (Lipinski definition) is 1. The van der Waals surface area contributed by atoms with Crippen molar-refractivity contribution in [2.24, 2.45) is 0 Å². The van der Waals surface area contributed by atoms with E-state index < -0.39 is 0 Å².